The molecule has 1 aromatic carbocycles. The lowest BCUT2D eigenvalue weighted by atomic mass is 9.86. The van der Waals surface area contributed by atoms with Gasteiger partial charge in [-0.3, -0.25) is 19.1 Å². The third-order valence-electron chi connectivity index (χ3n) is 12.7. The number of sulfonamides is 1. The van der Waals surface area contributed by atoms with Crippen LogP contribution in [0.25, 0.3) is 10.9 Å². The number of methoxy groups -OCH3 is 1. The topological polar surface area (TPSA) is 182 Å². The zero-order chi connectivity index (χ0) is 40.5. The maximum Gasteiger partial charge on any atom is 0.408 e. The number of hydrogen-bond donors (Lipinski definition) is 3. The van der Waals surface area contributed by atoms with Crippen molar-refractivity contribution in [1.29, 1.82) is 0 Å². The predicted octanol–water partition coefficient (Wildman–Crippen LogP) is 5.07. The summed E-state index contributed by atoms with van der Waals surface area (Å²) in [6, 6.07) is 3.76. The molecule has 1 spiro atoms. The second-order valence-electron chi connectivity index (χ2n) is 18.4. The van der Waals surface area contributed by atoms with Gasteiger partial charge in [-0.2, -0.15) is 0 Å². The van der Waals surface area contributed by atoms with Gasteiger partial charge in [0, 0.05) is 35.3 Å². The summed E-state index contributed by atoms with van der Waals surface area (Å²) in [6.07, 6.45) is 10.7. The molecule has 308 valence electrons. The average molecular weight is 806 g/mol. The summed E-state index contributed by atoms with van der Waals surface area (Å²) in [5.41, 5.74) is -0.551. The Balaban J connectivity index is 1.15. The van der Waals surface area contributed by atoms with E-state index in [2.05, 4.69) is 15.4 Å². The number of fused-ring (bicyclic) bond motifs is 5. The highest BCUT2D eigenvalue weighted by Gasteiger charge is 2.64. The molecule has 8 rings (SSSR count). The van der Waals surface area contributed by atoms with Crippen molar-refractivity contribution in [2.45, 2.75) is 151 Å². The Hall–Kier alpha value is -4.40. The molecule has 3 N–H and O–H groups in total. The summed E-state index contributed by atoms with van der Waals surface area (Å²) in [5.74, 6) is -0.576. The number of amides is 4. The van der Waals surface area contributed by atoms with Crippen LogP contribution >= 0.6 is 0 Å². The Bertz CT molecular complexity index is 2140. The van der Waals surface area contributed by atoms with Gasteiger partial charge in [0.2, 0.25) is 21.8 Å². The van der Waals surface area contributed by atoms with Crippen molar-refractivity contribution >= 4 is 44.7 Å². The highest BCUT2D eigenvalue weighted by atomic mass is 32.2. The molecule has 3 unspecified atom stereocenters. The van der Waals surface area contributed by atoms with E-state index in [1.54, 1.807) is 34.8 Å². The molecule has 3 aliphatic carbocycles. The van der Waals surface area contributed by atoms with Crippen LogP contribution in [0.1, 0.15) is 122 Å². The molecule has 2 aromatic rings. The van der Waals surface area contributed by atoms with E-state index >= 15 is 0 Å². The number of rotatable bonds is 6. The van der Waals surface area contributed by atoms with Gasteiger partial charge in [-0.05, 0) is 104 Å². The number of benzene rings is 1. The quantitative estimate of drug-likeness (QED) is 0.334. The number of pyridine rings is 1. The number of aromatic nitrogens is 1. The van der Waals surface area contributed by atoms with Crippen molar-refractivity contribution < 1.29 is 41.8 Å². The molecule has 3 saturated carbocycles. The number of nitrogens with one attached hydrogen (secondary N) is 3. The first-order valence-corrected chi connectivity index (χ1v) is 22.0. The largest absolute Gasteiger partial charge is 0.497 e. The number of hydrogen-bond acceptors (Lipinski definition) is 10. The number of carbonyl (C=O) groups is 4. The smallest absolute Gasteiger partial charge is 0.408 e. The molecule has 0 bridgehead atoms. The van der Waals surface area contributed by atoms with Crippen LogP contribution in [0.15, 0.2) is 30.4 Å². The van der Waals surface area contributed by atoms with Crippen molar-refractivity contribution in [2.24, 2.45) is 5.92 Å². The molecule has 0 radical (unpaired) electrons. The second-order valence-corrected chi connectivity index (χ2v) is 20.6. The highest BCUT2D eigenvalue weighted by Crippen LogP contribution is 2.52. The molecule has 4 amide bonds. The molecular weight excluding hydrogens is 751 g/mol. The summed E-state index contributed by atoms with van der Waals surface area (Å²) in [6.45, 7) is 6.92. The van der Waals surface area contributed by atoms with Crippen LogP contribution in [0.2, 0.25) is 0 Å². The molecule has 5 atom stereocenters. The minimum absolute atomic E-state index is 0.0654. The Morgan fingerprint density at radius 1 is 1.05 bits per heavy atom. The van der Waals surface area contributed by atoms with Crippen molar-refractivity contribution in [3.8, 4) is 11.5 Å². The van der Waals surface area contributed by atoms with E-state index in [0.717, 1.165) is 47.8 Å². The standard InChI is InChI=1S/C42H55N5O9S/c1-39(2,3)56-38(51)44-30-12-10-8-6-7-9-11-26-22-42(26,37(50)46-57(52,53)40(4)19-20-40)45-35(48)32-23-41(24-47(32)36(30)49)18-17-29-28-16-15-27(54-5)21-31(28)43-33(25-13-14-25)34(29)55-41/h9,11,15-16,21,25-26,30,32H,6-8,10,12-14,17-20,22-24H2,1-5H3,(H,44,51)(H,45,48)(H,46,50)/b11-9-/t26?,30-,32?,41+,42?/m0/s1. The van der Waals surface area contributed by atoms with Gasteiger partial charge in [0.05, 0.1) is 29.6 Å². The molecule has 3 aliphatic heterocycles. The Morgan fingerprint density at radius 2 is 1.82 bits per heavy atom. The summed E-state index contributed by atoms with van der Waals surface area (Å²) < 4.78 is 45.9. The first kappa shape index (κ1) is 39.4. The van der Waals surface area contributed by atoms with Crippen LogP contribution in [0.3, 0.4) is 0 Å². The van der Waals surface area contributed by atoms with Crippen molar-refractivity contribution in [1.82, 2.24) is 25.2 Å². The van der Waals surface area contributed by atoms with E-state index < -0.39 is 73.3 Å². The van der Waals surface area contributed by atoms with E-state index in [-0.39, 0.29) is 25.3 Å². The lowest BCUT2D eigenvalue weighted by Crippen LogP contribution is -2.58. The van der Waals surface area contributed by atoms with Crippen LogP contribution in [0.5, 0.6) is 11.5 Å². The van der Waals surface area contributed by atoms with E-state index in [1.807, 2.05) is 30.4 Å². The van der Waals surface area contributed by atoms with Gasteiger partial charge < -0.3 is 29.7 Å². The van der Waals surface area contributed by atoms with Gasteiger partial charge >= 0.3 is 6.09 Å². The molecule has 15 heteroatoms. The molecule has 4 heterocycles. The fraction of sp³-hybridized carbons (Fsp3) is 0.643. The first-order chi connectivity index (χ1) is 27.0. The van der Waals surface area contributed by atoms with E-state index in [9.17, 15) is 27.6 Å². The summed E-state index contributed by atoms with van der Waals surface area (Å²) in [7, 11) is -2.36. The van der Waals surface area contributed by atoms with Crippen LogP contribution in [0.4, 0.5) is 4.79 Å². The number of carbonyl (C=O) groups excluding carboxylic acids is 4. The minimum atomic E-state index is -3.99. The molecule has 6 aliphatic rings. The van der Waals surface area contributed by atoms with E-state index in [0.29, 0.717) is 56.4 Å². The van der Waals surface area contributed by atoms with Gasteiger partial charge in [-0.25, -0.2) is 18.2 Å². The van der Waals surface area contributed by atoms with Crippen molar-refractivity contribution in [3.63, 3.8) is 0 Å². The van der Waals surface area contributed by atoms with Crippen LogP contribution in [0, 0.1) is 5.92 Å². The Morgan fingerprint density at radius 3 is 2.53 bits per heavy atom. The lowest BCUT2D eigenvalue weighted by molar-refractivity contribution is -0.141. The third-order valence-corrected chi connectivity index (χ3v) is 14.9. The molecule has 14 nitrogen and oxygen atoms in total. The summed E-state index contributed by atoms with van der Waals surface area (Å²) in [4.78, 5) is 63.3. The fourth-order valence-corrected chi connectivity index (χ4v) is 10.1. The zero-order valence-corrected chi connectivity index (χ0v) is 34.4. The lowest BCUT2D eigenvalue weighted by Gasteiger charge is -2.37. The third kappa shape index (κ3) is 7.68. The number of ether oxygens (including phenoxy) is 3. The predicted molar refractivity (Wildman–Crippen MR) is 211 cm³/mol. The molecule has 4 fully saturated rings. The second kappa shape index (κ2) is 14.2. The van der Waals surface area contributed by atoms with Gasteiger partial charge in [-0.15, -0.1) is 0 Å². The maximum absolute atomic E-state index is 14.8. The monoisotopic (exact) mass is 805 g/mol. The average Bonchev–Trinajstić information content (AvgIpc) is 4.08. The van der Waals surface area contributed by atoms with Crippen molar-refractivity contribution in [3.05, 3.63) is 41.6 Å². The van der Waals surface area contributed by atoms with Crippen LogP contribution < -0.4 is 24.8 Å². The van der Waals surface area contributed by atoms with Gasteiger partial charge in [0.25, 0.3) is 5.91 Å². The molecule has 1 saturated heterocycles. The summed E-state index contributed by atoms with van der Waals surface area (Å²) >= 11 is 0. The van der Waals surface area contributed by atoms with Gasteiger partial charge in [-0.1, -0.05) is 25.0 Å². The summed E-state index contributed by atoms with van der Waals surface area (Å²) in [5, 5.41) is 6.75. The number of nitrogens with zero attached hydrogens (tertiary/aromatic N) is 2. The van der Waals surface area contributed by atoms with Crippen LogP contribution in [-0.4, -0.2) is 89.3 Å². The minimum Gasteiger partial charge on any atom is -0.497 e. The van der Waals surface area contributed by atoms with Crippen LogP contribution in [-0.2, 0) is 35.6 Å². The van der Waals surface area contributed by atoms with E-state index in [1.165, 1.54) is 4.90 Å². The SMILES string of the molecule is COc1ccc2c3c(c(C4CC4)nc2c1)O[C@]1(CC3)CC2C(=O)NC3(C(=O)NS(=O)(=O)C4(C)CC4)CC3/C=C\CCCCC[C@H](NC(=O)OC(C)(C)C)C(=O)N2C1. The number of aryl methyl sites for hydroxylation is 1. The number of allylic oxidation sites excluding steroid dienone is 1. The van der Waals surface area contributed by atoms with Crippen molar-refractivity contribution in [2.75, 3.05) is 13.7 Å². The van der Waals surface area contributed by atoms with Gasteiger partial charge in [0.15, 0.2) is 0 Å². The first-order valence-electron chi connectivity index (χ1n) is 20.5. The maximum atomic E-state index is 14.8. The Kier molecular flexibility index (Phi) is 9.79. The van der Waals surface area contributed by atoms with Gasteiger partial charge in [0.1, 0.15) is 40.3 Å². The Labute approximate surface area is 334 Å². The molecular formula is C42H55N5O9S. The van der Waals surface area contributed by atoms with E-state index in [4.69, 9.17) is 19.2 Å². The molecule has 57 heavy (non-hydrogen) atoms. The fourth-order valence-electron chi connectivity index (χ4n) is 8.75. The highest BCUT2D eigenvalue weighted by molar-refractivity contribution is 7.91. The zero-order valence-electron chi connectivity index (χ0n) is 33.6. The number of alkyl carbamates (subject to hydrolysis) is 1. The molecule has 1 aromatic heterocycles. The normalized spacial score (nSPS) is 30.3.